The third-order valence-corrected chi connectivity index (χ3v) is 4.44. The summed E-state index contributed by atoms with van der Waals surface area (Å²) in [6, 6.07) is 15.1. The molecule has 0 saturated heterocycles. The minimum absolute atomic E-state index is 0.119. The van der Waals surface area contributed by atoms with Gasteiger partial charge in [0.2, 0.25) is 5.91 Å². The molecule has 1 heterocycles. The third kappa shape index (κ3) is 3.63. The Hall–Kier alpha value is -2.89. The Morgan fingerprint density at radius 3 is 2.88 bits per heavy atom. The van der Waals surface area contributed by atoms with Crippen LogP contribution in [0.25, 0.3) is 11.0 Å². The van der Waals surface area contributed by atoms with Gasteiger partial charge in [-0.15, -0.1) is 5.10 Å². The van der Waals surface area contributed by atoms with Crippen LogP contribution >= 0.6 is 0 Å². The van der Waals surface area contributed by atoms with E-state index in [9.17, 15) is 4.79 Å². The van der Waals surface area contributed by atoms with Gasteiger partial charge in [0.15, 0.2) is 0 Å². The molecule has 2 aromatic carbocycles. The van der Waals surface area contributed by atoms with Gasteiger partial charge in [-0.25, -0.2) is 4.68 Å². The first kappa shape index (κ1) is 15.6. The van der Waals surface area contributed by atoms with Crippen molar-refractivity contribution in [1.29, 1.82) is 0 Å². The summed E-state index contributed by atoms with van der Waals surface area (Å²) in [4.78, 5) is 12.3. The number of rotatable bonds is 5. The van der Waals surface area contributed by atoms with E-state index in [1.165, 1.54) is 12.8 Å². The number of amides is 1. The molecule has 25 heavy (non-hydrogen) atoms. The molecule has 6 nitrogen and oxygen atoms in total. The number of carbonyl (C=O) groups excluding carboxylic acids is 1. The van der Waals surface area contributed by atoms with E-state index < -0.39 is 0 Å². The fourth-order valence-corrected chi connectivity index (χ4v) is 3.22. The average molecular weight is 336 g/mol. The number of carbonyl (C=O) groups is 1. The lowest BCUT2D eigenvalue weighted by molar-refractivity contribution is -0.116. The Balaban J connectivity index is 1.42. The Kier molecular flexibility index (Phi) is 4.33. The Morgan fingerprint density at radius 2 is 2.00 bits per heavy atom. The first-order chi connectivity index (χ1) is 12.3. The van der Waals surface area contributed by atoms with E-state index in [0.717, 1.165) is 35.3 Å². The van der Waals surface area contributed by atoms with Crippen molar-refractivity contribution < 1.29 is 9.53 Å². The maximum Gasteiger partial charge on any atom is 0.246 e. The molecule has 1 saturated carbocycles. The summed E-state index contributed by atoms with van der Waals surface area (Å²) in [5.74, 6) is 0.657. The highest BCUT2D eigenvalue weighted by Crippen LogP contribution is 2.25. The highest BCUT2D eigenvalue weighted by Gasteiger charge is 2.16. The van der Waals surface area contributed by atoms with E-state index in [0.29, 0.717) is 6.10 Å². The van der Waals surface area contributed by atoms with Gasteiger partial charge < -0.3 is 10.1 Å². The summed E-state index contributed by atoms with van der Waals surface area (Å²) in [5.41, 5.74) is 2.35. The lowest BCUT2D eigenvalue weighted by Crippen LogP contribution is -2.19. The van der Waals surface area contributed by atoms with Crippen molar-refractivity contribution in [2.45, 2.75) is 38.3 Å². The molecule has 0 bridgehead atoms. The van der Waals surface area contributed by atoms with Crippen LogP contribution in [-0.2, 0) is 11.3 Å². The van der Waals surface area contributed by atoms with Gasteiger partial charge in [0.1, 0.15) is 17.8 Å². The molecule has 1 fully saturated rings. The fraction of sp³-hybridized carbons (Fsp3) is 0.316. The normalized spacial score (nSPS) is 14.7. The molecule has 128 valence electrons. The number of nitrogens with one attached hydrogen (secondary N) is 1. The molecular weight excluding hydrogens is 316 g/mol. The maximum absolute atomic E-state index is 12.3. The second-order valence-corrected chi connectivity index (χ2v) is 6.34. The van der Waals surface area contributed by atoms with E-state index in [1.54, 1.807) is 4.68 Å². The molecule has 0 radical (unpaired) electrons. The smallest absolute Gasteiger partial charge is 0.246 e. The quantitative estimate of drug-likeness (QED) is 0.775. The van der Waals surface area contributed by atoms with Crippen molar-refractivity contribution in [3.05, 3.63) is 48.5 Å². The number of aromatic nitrogens is 3. The Labute approximate surface area is 145 Å². The minimum Gasteiger partial charge on any atom is -0.490 e. The predicted molar refractivity (Wildman–Crippen MR) is 95.5 cm³/mol. The SMILES string of the molecule is O=C(Cn1nnc2ccccc21)Nc1cccc(OC2CCCC2)c1. The number of nitrogens with zero attached hydrogens (tertiary/aromatic N) is 3. The summed E-state index contributed by atoms with van der Waals surface area (Å²) in [7, 11) is 0. The number of ether oxygens (including phenoxy) is 1. The molecule has 6 heteroatoms. The van der Waals surface area contributed by atoms with Gasteiger partial charge in [0, 0.05) is 11.8 Å². The highest BCUT2D eigenvalue weighted by molar-refractivity contribution is 5.91. The summed E-state index contributed by atoms with van der Waals surface area (Å²) >= 11 is 0. The number of para-hydroxylation sites is 1. The van der Waals surface area contributed by atoms with Crippen LogP contribution in [0.1, 0.15) is 25.7 Å². The topological polar surface area (TPSA) is 69.0 Å². The van der Waals surface area contributed by atoms with Gasteiger partial charge in [-0.3, -0.25) is 4.79 Å². The van der Waals surface area contributed by atoms with Crippen LogP contribution in [0.3, 0.4) is 0 Å². The molecule has 0 unspecified atom stereocenters. The molecule has 1 aromatic heterocycles. The van der Waals surface area contributed by atoms with Crippen LogP contribution in [0.15, 0.2) is 48.5 Å². The van der Waals surface area contributed by atoms with Gasteiger partial charge in [-0.2, -0.15) is 0 Å². The molecule has 1 aliphatic rings. The molecule has 1 aliphatic carbocycles. The van der Waals surface area contributed by atoms with Crippen LogP contribution < -0.4 is 10.1 Å². The number of benzene rings is 2. The second kappa shape index (κ2) is 6.93. The van der Waals surface area contributed by atoms with E-state index in [4.69, 9.17) is 4.74 Å². The van der Waals surface area contributed by atoms with Crippen LogP contribution in [0, 0.1) is 0 Å². The Morgan fingerprint density at radius 1 is 1.16 bits per heavy atom. The van der Waals surface area contributed by atoms with E-state index in [1.807, 2.05) is 48.5 Å². The van der Waals surface area contributed by atoms with Crippen molar-refractivity contribution in [1.82, 2.24) is 15.0 Å². The minimum atomic E-state index is -0.145. The van der Waals surface area contributed by atoms with Crippen LogP contribution in [0.2, 0.25) is 0 Å². The lowest BCUT2D eigenvalue weighted by atomic mass is 10.2. The standard InChI is InChI=1S/C19H20N4O2/c24-19(13-23-18-11-4-3-10-17(18)21-22-23)20-14-6-5-9-16(12-14)25-15-7-1-2-8-15/h3-6,9-12,15H,1-2,7-8,13H2,(H,20,24). The molecule has 0 atom stereocenters. The predicted octanol–water partition coefficient (Wildman–Crippen LogP) is 3.39. The van der Waals surface area contributed by atoms with Crippen molar-refractivity contribution in [3.8, 4) is 5.75 Å². The third-order valence-electron chi connectivity index (χ3n) is 4.44. The zero-order chi connectivity index (χ0) is 17.1. The number of anilines is 1. The zero-order valence-corrected chi connectivity index (χ0v) is 13.9. The first-order valence-corrected chi connectivity index (χ1v) is 8.63. The maximum atomic E-state index is 12.3. The van der Waals surface area contributed by atoms with Gasteiger partial charge in [-0.1, -0.05) is 23.4 Å². The molecular formula is C19H20N4O2. The van der Waals surface area contributed by atoms with E-state index in [2.05, 4.69) is 15.6 Å². The van der Waals surface area contributed by atoms with E-state index in [-0.39, 0.29) is 12.5 Å². The molecule has 4 rings (SSSR count). The molecule has 0 spiro atoms. The largest absolute Gasteiger partial charge is 0.490 e. The van der Waals surface area contributed by atoms with Crippen LogP contribution in [0.4, 0.5) is 5.69 Å². The lowest BCUT2D eigenvalue weighted by Gasteiger charge is -2.14. The van der Waals surface area contributed by atoms with Crippen LogP contribution in [-0.4, -0.2) is 27.0 Å². The van der Waals surface area contributed by atoms with Crippen molar-refractivity contribution >= 4 is 22.6 Å². The number of fused-ring (bicyclic) bond motifs is 1. The van der Waals surface area contributed by atoms with Gasteiger partial charge in [0.05, 0.1) is 11.6 Å². The van der Waals surface area contributed by atoms with Crippen molar-refractivity contribution in [3.63, 3.8) is 0 Å². The van der Waals surface area contributed by atoms with Gasteiger partial charge in [-0.05, 0) is 49.9 Å². The summed E-state index contributed by atoms with van der Waals surface area (Å²) in [6.45, 7) is 0.119. The summed E-state index contributed by atoms with van der Waals surface area (Å²) in [6.07, 6.45) is 4.97. The fourth-order valence-electron chi connectivity index (χ4n) is 3.22. The molecule has 0 aliphatic heterocycles. The zero-order valence-electron chi connectivity index (χ0n) is 13.9. The number of hydrogen-bond acceptors (Lipinski definition) is 4. The second-order valence-electron chi connectivity index (χ2n) is 6.34. The first-order valence-electron chi connectivity index (χ1n) is 8.63. The van der Waals surface area contributed by atoms with Crippen LogP contribution in [0.5, 0.6) is 5.75 Å². The van der Waals surface area contributed by atoms with Crippen molar-refractivity contribution in [2.24, 2.45) is 0 Å². The molecule has 3 aromatic rings. The average Bonchev–Trinajstić information content (AvgIpc) is 3.26. The Bertz CT molecular complexity index is 884. The monoisotopic (exact) mass is 336 g/mol. The van der Waals surface area contributed by atoms with Crippen molar-refractivity contribution in [2.75, 3.05) is 5.32 Å². The number of hydrogen-bond donors (Lipinski definition) is 1. The summed E-state index contributed by atoms with van der Waals surface area (Å²) in [5, 5.41) is 11.0. The molecule has 1 amide bonds. The molecule has 1 N–H and O–H groups in total. The summed E-state index contributed by atoms with van der Waals surface area (Å²) < 4.78 is 7.58. The highest BCUT2D eigenvalue weighted by atomic mass is 16.5. The van der Waals surface area contributed by atoms with Gasteiger partial charge in [0.25, 0.3) is 0 Å². The van der Waals surface area contributed by atoms with Gasteiger partial charge >= 0.3 is 0 Å². The van der Waals surface area contributed by atoms with E-state index >= 15 is 0 Å².